The lowest BCUT2D eigenvalue weighted by atomic mass is 10.1. The third-order valence-corrected chi connectivity index (χ3v) is 2.86. The SMILES string of the molecule is CCOc1nc(-c2ccnc(N)c2[N+](=O)[O-])ccc1C(F)(F)F. The van der Waals surface area contributed by atoms with Crippen molar-refractivity contribution in [3.63, 3.8) is 0 Å². The van der Waals surface area contributed by atoms with Gasteiger partial charge < -0.3 is 10.5 Å². The van der Waals surface area contributed by atoms with Gasteiger partial charge >= 0.3 is 11.9 Å². The van der Waals surface area contributed by atoms with Crippen molar-refractivity contribution in [2.24, 2.45) is 0 Å². The number of halogens is 3. The van der Waals surface area contributed by atoms with E-state index in [9.17, 15) is 23.3 Å². The largest absolute Gasteiger partial charge is 0.478 e. The minimum atomic E-state index is -4.65. The van der Waals surface area contributed by atoms with Crippen LogP contribution in [0.25, 0.3) is 11.3 Å². The van der Waals surface area contributed by atoms with Crippen LogP contribution in [0.2, 0.25) is 0 Å². The van der Waals surface area contributed by atoms with Crippen LogP contribution >= 0.6 is 0 Å². The maximum Gasteiger partial charge on any atom is 0.421 e. The Morgan fingerprint density at radius 2 is 2.04 bits per heavy atom. The summed E-state index contributed by atoms with van der Waals surface area (Å²) >= 11 is 0. The highest BCUT2D eigenvalue weighted by Crippen LogP contribution is 2.38. The van der Waals surface area contributed by atoms with Crippen molar-refractivity contribution in [3.05, 3.63) is 40.1 Å². The Labute approximate surface area is 128 Å². The molecule has 2 aromatic heterocycles. The van der Waals surface area contributed by atoms with E-state index in [-0.39, 0.29) is 23.7 Å². The fourth-order valence-corrected chi connectivity index (χ4v) is 1.92. The monoisotopic (exact) mass is 328 g/mol. The van der Waals surface area contributed by atoms with Gasteiger partial charge in [-0.3, -0.25) is 10.1 Å². The number of nitro groups is 1. The number of rotatable bonds is 4. The van der Waals surface area contributed by atoms with Gasteiger partial charge in [-0.25, -0.2) is 9.97 Å². The zero-order valence-electron chi connectivity index (χ0n) is 11.8. The molecule has 0 radical (unpaired) electrons. The second kappa shape index (κ2) is 6.07. The van der Waals surface area contributed by atoms with E-state index in [4.69, 9.17) is 10.5 Å². The number of nitrogens with two attached hydrogens (primary N) is 1. The van der Waals surface area contributed by atoms with E-state index < -0.39 is 28.2 Å². The van der Waals surface area contributed by atoms with Crippen LogP contribution in [0.15, 0.2) is 24.4 Å². The summed E-state index contributed by atoms with van der Waals surface area (Å²) < 4.78 is 43.7. The molecule has 0 fully saturated rings. The lowest BCUT2D eigenvalue weighted by Gasteiger charge is -2.13. The summed E-state index contributed by atoms with van der Waals surface area (Å²) in [6.07, 6.45) is -3.45. The van der Waals surface area contributed by atoms with Crippen molar-refractivity contribution in [2.75, 3.05) is 12.3 Å². The zero-order chi connectivity index (χ0) is 17.2. The molecule has 0 aliphatic heterocycles. The summed E-state index contributed by atoms with van der Waals surface area (Å²) in [5.41, 5.74) is 3.76. The Kier molecular flexibility index (Phi) is 4.34. The Hall–Kier alpha value is -2.91. The fraction of sp³-hybridized carbons (Fsp3) is 0.231. The first-order chi connectivity index (χ1) is 10.8. The molecule has 2 rings (SSSR count). The molecular formula is C13H11F3N4O3. The van der Waals surface area contributed by atoms with Crippen molar-refractivity contribution in [1.29, 1.82) is 0 Å². The molecule has 0 aliphatic carbocycles. The van der Waals surface area contributed by atoms with E-state index >= 15 is 0 Å². The number of aromatic nitrogens is 2. The molecule has 0 bridgehead atoms. The van der Waals surface area contributed by atoms with Crippen molar-refractivity contribution in [1.82, 2.24) is 9.97 Å². The molecule has 0 amide bonds. The smallest absolute Gasteiger partial charge is 0.421 e. The van der Waals surface area contributed by atoms with E-state index in [1.165, 1.54) is 19.2 Å². The van der Waals surface area contributed by atoms with Gasteiger partial charge in [-0.05, 0) is 25.1 Å². The third kappa shape index (κ3) is 3.30. The van der Waals surface area contributed by atoms with E-state index in [1.54, 1.807) is 0 Å². The van der Waals surface area contributed by atoms with E-state index in [0.29, 0.717) is 0 Å². The Morgan fingerprint density at radius 1 is 1.35 bits per heavy atom. The lowest BCUT2D eigenvalue weighted by Crippen LogP contribution is -2.10. The van der Waals surface area contributed by atoms with Gasteiger partial charge in [0.15, 0.2) is 0 Å². The van der Waals surface area contributed by atoms with Gasteiger partial charge in [-0.2, -0.15) is 13.2 Å². The molecule has 2 N–H and O–H groups in total. The van der Waals surface area contributed by atoms with Crippen LogP contribution in [-0.2, 0) is 6.18 Å². The molecule has 7 nitrogen and oxygen atoms in total. The maximum atomic E-state index is 12.9. The van der Waals surface area contributed by atoms with Crippen molar-refractivity contribution >= 4 is 11.5 Å². The fourth-order valence-electron chi connectivity index (χ4n) is 1.92. The van der Waals surface area contributed by atoms with Gasteiger partial charge in [0.25, 0.3) is 0 Å². The molecule has 122 valence electrons. The molecule has 0 atom stereocenters. The van der Waals surface area contributed by atoms with Gasteiger partial charge in [0, 0.05) is 6.20 Å². The topological polar surface area (TPSA) is 104 Å². The molecular weight excluding hydrogens is 317 g/mol. The molecule has 0 unspecified atom stereocenters. The van der Waals surface area contributed by atoms with Crippen LogP contribution < -0.4 is 10.5 Å². The highest BCUT2D eigenvalue weighted by molar-refractivity contribution is 5.77. The lowest BCUT2D eigenvalue weighted by molar-refractivity contribution is -0.383. The average molecular weight is 328 g/mol. The summed E-state index contributed by atoms with van der Waals surface area (Å²) in [6.45, 7) is 1.46. The molecule has 10 heteroatoms. The second-order valence-electron chi connectivity index (χ2n) is 4.33. The first-order valence-corrected chi connectivity index (χ1v) is 6.36. The standard InChI is InChI=1S/C13H11F3N4O3/c1-2-23-12-8(13(14,15)16)3-4-9(19-12)7-5-6-18-11(17)10(7)20(21)22/h3-6H,2H2,1H3,(H2,17,18). The van der Waals surface area contributed by atoms with Crippen LogP contribution in [0, 0.1) is 10.1 Å². The number of hydrogen-bond donors (Lipinski definition) is 1. The maximum absolute atomic E-state index is 12.9. The predicted octanol–water partition coefficient (Wildman–Crippen LogP) is 3.05. The van der Waals surface area contributed by atoms with Gasteiger partial charge in [0.1, 0.15) is 5.56 Å². The van der Waals surface area contributed by atoms with Gasteiger partial charge in [0.2, 0.25) is 11.7 Å². The number of pyridine rings is 2. The summed E-state index contributed by atoms with van der Waals surface area (Å²) in [5, 5.41) is 11.1. The third-order valence-electron chi connectivity index (χ3n) is 2.86. The summed E-state index contributed by atoms with van der Waals surface area (Å²) in [4.78, 5) is 17.7. The van der Waals surface area contributed by atoms with Gasteiger partial charge in [-0.15, -0.1) is 0 Å². The van der Waals surface area contributed by atoms with E-state index in [2.05, 4.69) is 9.97 Å². The zero-order valence-corrected chi connectivity index (χ0v) is 11.8. The predicted molar refractivity (Wildman–Crippen MR) is 74.7 cm³/mol. The Balaban J connectivity index is 2.65. The number of hydrogen-bond acceptors (Lipinski definition) is 6. The van der Waals surface area contributed by atoms with Gasteiger partial charge in [-0.1, -0.05) is 0 Å². The number of nitrogen functional groups attached to an aromatic ring is 1. The highest BCUT2D eigenvalue weighted by atomic mass is 19.4. The first kappa shape index (κ1) is 16.5. The van der Waals surface area contributed by atoms with Crippen molar-refractivity contribution < 1.29 is 22.8 Å². The Bertz CT molecular complexity index is 750. The van der Waals surface area contributed by atoms with Crippen LogP contribution in [0.5, 0.6) is 5.88 Å². The second-order valence-corrected chi connectivity index (χ2v) is 4.33. The number of anilines is 1. The highest BCUT2D eigenvalue weighted by Gasteiger charge is 2.36. The van der Waals surface area contributed by atoms with Crippen LogP contribution in [0.1, 0.15) is 12.5 Å². The molecule has 23 heavy (non-hydrogen) atoms. The minimum absolute atomic E-state index is 0.0416. The van der Waals surface area contributed by atoms with E-state index in [0.717, 1.165) is 12.1 Å². The Morgan fingerprint density at radius 3 is 2.61 bits per heavy atom. The molecule has 2 heterocycles. The molecule has 2 aromatic rings. The summed E-state index contributed by atoms with van der Waals surface area (Å²) in [6, 6.07) is 3.03. The number of ether oxygens (including phenoxy) is 1. The normalized spacial score (nSPS) is 11.3. The molecule has 0 saturated carbocycles. The van der Waals surface area contributed by atoms with Crippen LogP contribution in [0.4, 0.5) is 24.7 Å². The van der Waals surface area contributed by atoms with E-state index in [1.807, 2.05) is 0 Å². The van der Waals surface area contributed by atoms with Crippen molar-refractivity contribution in [3.8, 4) is 17.1 Å². The number of nitrogens with zero attached hydrogens (tertiary/aromatic N) is 3. The van der Waals surface area contributed by atoms with Crippen LogP contribution in [0.3, 0.4) is 0 Å². The molecule has 0 saturated heterocycles. The number of alkyl halides is 3. The first-order valence-electron chi connectivity index (χ1n) is 6.36. The molecule has 0 spiro atoms. The summed E-state index contributed by atoms with van der Waals surface area (Å²) in [5.74, 6) is -1.01. The van der Waals surface area contributed by atoms with Gasteiger partial charge in [0.05, 0.1) is 22.8 Å². The summed E-state index contributed by atoms with van der Waals surface area (Å²) in [7, 11) is 0. The molecule has 0 aliphatic rings. The quantitative estimate of drug-likeness (QED) is 0.683. The molecule has 0 aromatic carbocycles. The van der Waals surface area contributed by atoms with Crippen LogP contribution in [-0.4, -0.2) is 21.5 Å². The average Bonchev–Trinajstić information content (AvgIpc) is 2.45. The van der Waals surface area contributed by atoms with Crippen molar-refractivity contribution in [2.45, 2.75) is 13.1 Å². The minimum Gasteiger partial charge on any atom is -0.478 e.